The van der Waals surface area contributed by atoms with Crippen LogP contribution in [0.5, 0.6) is 5.88 Å². The number of rotatable bonds is 9. The van der Waals surface area contributed by atoms with Gasteiger partial charge in [-0.2, -0.15) is 10.4 Å². The van der Waals surface area contributed by atoms with Crippen LogP contribution in [0.3, 0.4) is 0 Å². The number of pyridine rings is 1. The van der Waals surface area contributed by atoms with Crippen molar-refractivity contribution in [2.45, 2.75) is 13.5 Å². The standard InChI is InChI=1S/C23H19BrN4O6/c1-13-21(24)18(11-32-2)17(9-25)22(27-13)33-12-20(29)28-26-10-14-7-8-19(34-14)15-5-3-4-6-16(15)23(30)31/h3-8,10H,11-12H2,1-2H3,(H,28,29)(H,30,31)/b26-10-. The number of carbonyl (C=O) groups is 2. The highest BCUT2D eigenvalue weighted by molar-refractivity contribution is 9.10. The summed E-state index contributed by atoms with van der Waals surface area (Å²) in [6.07, 6.45) is 1.27. The number of aromatic carboxylic acids is 1. The van der Waals surface area contributed by atoms with Gasteiger partial charge in [-0.1, -0.05) is 18.2 Å². The molecule has 0 spiro atoms. The average Bonchev–Trinajstić information content (AvgIpc) is 3.29. The fourth-order valence-corrected chi connectivity index (χ4v) is 3.40. The number of aromatic nitrogens is 1. The predicted molar refractivity (Wildman–Crippen MR) is 124 cm³/mol. The van der Waals surface area contributed by atoms with Crippen molar-refractivity contribution in [3.05, 3.63) is 69.0 Å². The molecule has 0 bridgehead atoms. The molecule has 2 heterocycles. The zero-order valence-corrected chi connectivity index (χ0v) is 19.7. The number of aryl methyl sites for hydroxylation is 1. The van der Waals surface area contributed by atoms with Crippen molar-refractivity contribution in [1.29, 1.82) is 5.26 Å². The molecule has 34 heavy (non-hydrogen) atoms. The molecule has 3 rings (SSSR count). The van der Waals surface area contributed by atoms with Crippen LogP contribution >= 0.6 is 15.9 Å². The number of amides is 1. The van der Waals surface area contributed by atoms with E-state index >= 15 is 0 Å². The average molecular weight is 527 g/mol. The fourth-order valence-electron chi connectivity index (χ4n) is 3.00. The molecule has 0 aliphatic carbocycles. The molecular weight excluding hydrogens is 508 g/mol. The fraction of sp³-hybridized carbons (Fsp3) is 0.174. The van der Waals surface area contributed by atoms with E-state index in [-0.39, 0.29) is 23.6 Å². The molecule has 3 aromatic rings. The molecule has 0 saturated carbocycles. The van der Waals surface area contributed by atoms with Crippen molar-refractivity contribution in [2.24, 2.45) is 5.10 Å². The molecule has 0 saturated heterocycles. The topological polar surface area (TPSA) is 147 Å². The third kappa shape index (κ3) is 5.67. The van der Waals surface area contributed by atoms with Gasteiger partial charge in [0.1, 0.15) is 23.2 Å². The lowest BCUT2D eigenvalue weighted by molar-refractivity contribution is -0.123. The number of methoxy groups -OCH3 is 1. The number of benzene rings is 1. The Hall–Kier alpha value is -4.01. The minimum Gasteiger partial charge on any atom is -0.478 e. The third-order valence-corrected chi connectivity index (χ3v) is 5.59. The number of nitriles is 1. The first-order chi connectivity index (χ1) is 16.3. The van der Waals surface area contributed by atoms with Crippen LogP contribution in [0.15, 0.2) is 50.4 Å². The monoisotopic (exact) mass is 526 g/mol. The first kappa shape index (κ1) is 24.6. The van der Waals surface area contributed by atoms with Gasteiger partial charge in [-0.05, 0) is 41.1 Å². The van der Waals surface area contributed by atoms with Gasteiger partial charge in [-0.25, -0.2) is 15.2 Å². The Morgan fingerprint density at radius 3 is 2.79 bits per heavy atom. The summed E-state index contributed by atoms with van der Waals surface area (Å²) < 4.78 is 16.8. The normalized spacial score (nSPS) is 10.8. The Bertz CT molecular complexity index is 1300. The van der Waals surface area contributed by atoms with Crippen LogP contribution in [0.2, 0.25) is 0 Å². The Morgan fingerprint density at radius 1 is 1.32 bits per heavy atom. The predicted octanol–water partition coefficient (Wildman–Crippen LogP) is 3.66. The highest BCUT2D eigenvalue weighted by Crippen LogP contribution is 2.30. The van der Waals surface area contributed by atoms with Crippen molar-refractivity contribution in [3.63, 3.8) is 0 Å². The molecule has 0 radical (unpaired) electrons. The van der Waals surface area contributed by atoms with Crippen molar-refractivity contribution in [2.75, 3.05) is 13.7 Å². The Morgan fingerprint density at radius 2 is 2.09 bits per heavy atom. The van der Waals surface area contributed by atoms with Crippen LogP contribution < -0.4 is 10.2 Å². The van der Waals surface area contributed by atoms with E-state index in [2.05, 4.69) is 31.4 Å². The highest BCUT2D eigenvalue weighted by Gasteiger charge is 2.18. The molecule has 1 amide bonds. The molecule has 2 aromatic heterocycles. The molecule has 1 aromatic carbocycles. The van der Waals surface area contributed by atoms with E-state index < -0.39 is 18.5 Å². The molecule has 174 valence electrons. The van der Waals surface area contributed by atoms with E-state index in [1.807, 2.05) is 6.07 Å². The van der Waals surface area contributed by atoms with Gasteiger partial charge in [0.15, 0.2) is 6.61 Å². The van der Waals surface area contributed by atoms with Gasteiger partial charge in [0, 0.05) is 22.7 Å². The zero-order chi connectivity index (χ0) is 24.7. The molecule has 0 fully saturated rings. The van der Waals surface area contributed by atoms with E-state index in [9.17, 15) is 20.0 Å². The van der Waals surface area contributed by atoms with Gasteiger partial charge < -0.3 is 19.0 Å². The second-order valence-corrected chi connectivity index (χ2v) is 7.64. The maximum absolute atomic E-state index is 12.1. The molecular formula is C23H19BrN4O6. The summed E-state index contributed by atoms with van der Waals surface area (Å²) in [5, 5.41) is 22.6. The number of carboxylic acid groups (broad SMARTS) is 1. The van der Waals surface area contributed by atoms with Gasteiger partial charge in [-0.15, -0.1) is 0 Å². The van der Waals surface area contributed by atoms with Gasteiger partial charge in [0.2, 0.25) is 5.88 Å². The number of nitrogens with zero attached hydrogens (tertiary/aromatic N) is 3. The SMILES string of the molecule is COCc1c(Br)c(C)nc(OCC(=O)N/N=C\c2ccc(-c3ccccc3C(=O)O)o2)c1C#N. The van der Waals surface area contributed by atoms with Crippen LogP contribution in [0, 0.1) is 18.3 Å². The zero-order valence-electron chi connectivity index (χ0n) is 18.2. The van der Waals surface area contributed by atoms with E-state index in [1.54, 1.807) is 37.3 Å². The van der Waals surface area contributed by atoms with E-state index in [1.165, 1.54) is 19.4 Å². The van der Waals surface area contributed by atoms with Crippen LogP contribution in [-0.2, 0) is 16.1 Å². The van der Waals surface area contributed by atoms with Crippen LogP contribution in [0.1, 0.15) is 32.9 Å². The van der Waals surface area contributed by atoms with Crippen LogP contribution in [-0.4, -0.2) is 41.9 Å². The summed E-state index contributed by atoms with van der Waals surface area (Å²) in [4.78, 5) is 27.7. The van der Waals surface area contributed by atoms with E-state index in [4.69, 9.17) is 13.9 Å². The maximum atomic E-state index is 12.1. The molecule has 11 heteroatoms. The van der Waals surface area contributed by atoms with Crippen molar-refractivity contribution in [1.82, 2.24) is 10.4 Å². The quantitative estimate of drug-likeness (QED) is 0.317. The number of hydrogen-bond donors (Lipinski definition) is 2. The number of hydrazone groups is 1. The lowest BCUT2D eigenvalue weighted by Crippen LogP contribution is -2.25. The largest absolute Gasteiger partial charge is 0.478 e. The molecule has 2 N–H and O–H groups in total. The van der Waals surface area contributed by atoms with Gasteiger partial charge in [-0.3, -0.25) is 4.79 Å². The first-order valence-corrected chi connectivity index (χ1v) is 10.6. The minimum atomic E-state index is -1.07. The van der Waals surface area contributed by atoms with Crippen molar-refractivity contribution in [3.8, 4) is 23.3 Å². The highest BCUT2D eigenvalue weighted by atomic mass is 79.9. The summed E-state index contributed by atoms with van der Waals surface area (Å²) in [6, 6.07) is 11.7. The number of hydrogen-bond acceptors (Lipinski definition) is 8. The third-order valence-electron chi connectivity index (χ3n) is 4.54. The summed E-state index contributed by atoms with van der Waals surface area (Å²) in [6.45, 7) is 1.47. The molecule has 0 aliphatic rings. The number of carbonyl (C=O) groups excluding carboxylic acids is 1. The maximum Gasteiger partial charge on any atom is 0.336 e. The first-order valence-electron chi connectivity index (χ1n) is 9.81. The number of ether oxygens (including phenoxy) is 2. The number of nitrogens with one attached hydrogen (secondary N) is 1. The Labute approximate surface area is 202 Å². The molecule has 0 aliphatic heterocycles. The lowest BCUT2D eigenvalue weighted by Gasteiger charge is -2.13. The van der Waals surface area contributed by atoms with Crippen LogP contribution in [0.25, 0.3) is 11.3 Å². The van der Waals surface area contributed by atoms with Crippen molar-refractivity contribution >= 4 is 34.0 Å². The van der Waals surface area contributed by atoms with Gasteiger partial charge in [0.25, 0.3) is 5.91 Å². The summed E-state index contributed by atoms with van der Waals surface area (Å²) in [7, 11) is 1.50. The summed E-state index contributed by atoms with van der Waals surface area (Å²) in [5.74, 6) is -0.987. The summed E-state index contributed by atoms with van der Waals surface area (Å²) in [5.41, 5.74) is 4.14. The van der Waals surface area contributed by atoms with E-state index in [0.29, 0.717) is 32.8 Å². The number of carboxylic acids is 1. The second kappa shape index (κ2) is 11.2. The summed E-state index contributed by atoms with van der Waals surface area (Å²) >= 11 is 3.39. The minimum absolute atomic E-state index is 0.0159. The molecule has 0 unspecified atom stereocenters. The molecule has 0 atom stereocenters. The molecule has 10 nitrogen and oxygen atoms in total. The smallest absolute Gasteiger partial charge is 0.336 e. The van der Waals surface area contributed by atoms with E-state index in [0.717, 1.165) is 0 Å². The van der Waals surface area contributed by atoms with Crippen LogP contribution in [0.4, 0.5) is 0 Å². The Balaban J connectivity index is 1.64. The lowest BCUT2D eigenvalue weighted by atomic mass is 10.1. The number of furan rings is 1. The number of halogens is 1. The van der Waals surface area contributed by atoms with Crippen molar-refractivity contribution < 1.29 is 28.6 Å². The van der Waals surface area contributed by atoms with Gasteiger partial charge in [0.05, 0.1) is 24.1 Å². The second-order valence-electron chi connectivity index (χ2n) is 6.85. The Kier molecular flexibility index (Phi) is 8.13. The van der Waals surface area contributed by atoms with Gasteiger partial charge >= 0.3 is 5.97 Å².